The van der Waals surface area contributed by atoms with Crippen molar-refractivity contribution >= 4 is 23.2 Å². The van der Waals surface area contributed by atoms with Crippen molar-refractivity contribution in [3.63, 3.8) is 0 Å². The van der Waals surface area contributed by atoms with E-state index in [1.54, 1.807) is 19.2 Å². The summed E-state index contributed by atoms with van der Waals surface area (Å²) in [5, 5.41) is 0. The van der Waals surface area contributed by atoms with Gasteiger partial charge in [0.1, 0.15) is 5.69 Å². The number of amides is 2. The molecular weight excluding hydrogens is 388 g/mol. The number of fused-ring (bicyclic) bond motifs is 1. The van der Waals surface area contributed by atoms with Gasteiger partial charge < -0.3 is 15.5 Å². The Morgan fingerprint density at radius 2 is 1.77 bits per heavy atom. The molecule has 3 aromatic rings. The third-order valence-electron chi connectivity index (χ3n) is 5.75. The largest absolute Gasteiger partial charge is 0.364 e. The number of benzene rings is 2. The van der Waals surface area contributed by atoms with E-state index in [9.17, 15) is 9.59 Å². The topological polar surface area (TPSA) is 79.5 Å². The third kappa shape index (κ3) is 4.14. The highest BCUT2D eigenvalue weighted by Crippen LogP contribution is 2.40. The number of hydrogen-bond donors (Lipinski definition) is 1. The van der Waals surface area contributed by atoms with Crippen LogP contribution in [0.5, 0.6) is 0 Å². The van der Waals surface area contributed by atoms with E-state index in [-0.39, 0.29) is 17.6 Å². The minimum atomic E-state index is -0.547. The van der Waals surface area contributed by atoms with Gasteiger partial charge in [0.25, 0.3) is 5.91 Å². The maximum Gasteiger partial charge on any atom is 0.267 e. The fourth-order valence-corrected chi connectivity index (χ4v) is 4.19. The lowest BCUT2D eigenvalue weighted by molar-refractivity contribution is -0.117. The lowest BCUT2D eigenvalue weighted by Gasteiger charge is -2.43. The van der Waals surface area contributed by atoms with Crippen LogP contribution in [0.3, 0.4) is 0 Å². The van der Waals surface area contributed by atoms with Crippen molar-refractivity contribution in [3.05, 3.63) is 78.1 Å². The number of nitrogens with zero attached hydrogens (tertiary/aromatic N) is 3. The molecule has 31 heavy (non-hydrogen) atoms. The van der Waals surface area contributed by atoms with Gasteiger partial charge in [-0.2, -0.15) is 0 Å². The molecule has 2 amide bonds. The standard InChI is InChI=1S/C25H26N4O2/c1-3-21-16-28(15-18-7-5-4-6-8-18)24-13-19(10-12-23(24)29(21)17(2)30)20-9-11-22(25(26)31)27-14-20/h4-14,21H,3,15-16H2,1-2H3,(H2,26,31). The molecule has 2 aromatic carbocycles. The van der Waals surface area contributed by atoms with E-state index in [2.05, 4.69) is 35.0 Å². The average Bonchev–Trinajstić information content (AvgIpc) is 2.79. The first-order valence-corrected chi connectivity index (χ1v) is 10.5. The van der Waals surface area contributed by atoms with E-state index in [1.165, 1.54) is 5.56 Å². The fraction of sp³-hybridized carbons (Fsp3) is 0.240. The molecule has 0 aliphatic carbocycles. The van der Waals surface area contributed by atoms with E-state index in [4.69, 9.17) is 5.73 Å². The summed E-state index contributed by atoms with van der Waals surface area (Å²) < 4.78 is 0. The summed E-state index contributed by atoms with van der Waals surface area (Å²) in [4.78, 5) is 32.3. The number of pyridine rings is 1. The predicted molar refractivity (Wildman–Crippen MR) is 123 cm³/mol. The van der Waals surface area contributed by atoms with Crippen LogP contribution < -0.4 is 15.5 Å². The average molecular weight is 415 g/mol. The van der Waals surface area contributed by atoms with Gasteiger partial charge in [0.05, 0.1) is 17.4 Å². The van der Waals surface area contributed by atoms with Crippen LogP contribution in [0.1, 0.15) is 36.3 Å². The lowest BCUT2D eigenvalue weighted by Crippen LogP contribution is -2.50. The maximum atomic E-state index is 12.5. The third-order valence-corrected chi connectivity index (χ3v) is 5.75. The summed E-state index contributed by atoms with van der Waals surface area (Å²) in [5.41, 5.74) is 10.6. The second-order valence-corrected chi connectivity index (χ2v) is 7.82. The molecule has 1 aromatic heterocycles. The van der Waals surface area contributed by atoms with E-state index < -0.39 is 5.91 Å². The Labute approximate surface area is 182 Å². The molecule has 1 aliphatic heterocycles. The fourth-order valence-electron chi connectivity index (χ4n) is 4.19. The molecule has 0 fully saturated rings. The molecule has 0 bridgehead atoms. The number of rotatable bonds is 5. The van der Waals surface area contributed by atoms with Gasteiger partial charge in [-0.1, -0.05) is 49.4 Å². The number of carbonyl (C=O) groups excluding carboxylic acids is 2. The Kier molecular flexibility index (Phi) is 5.71. The van der Waals surface area contributed by atoms with Crippen molar-refractivity contribution in [1.82, 2.24) is 4.98 Å². The van der Waals surface area contributed by atoms with Crippen molar-refractivity contribution < 1.29 is 9.59 Å². The van der Waals surface area contributed by atoms with Crippen LogP contribution in [0.4, 0.5) is 11.4 Å². The van der Waals surface area contributed by atoms with Crippen LogP contribution >= 0.6 is 0 Å². The highest BCUT2D eigenvalue weighted by molar-refractivity contribution is 5.98. The zero-order valence-electron chi connectivity index (χ0n) is 17.8. The Morgan fingerprint density at radius 3 is 2.39 bits per heavy atom. The summed E-state index contributed by atoms with van der Waals surface area (Å²) in [7, 11) is 0. The van der Waals surface area contributed by atoms with Crippen LogP contribution in [0.2, 0.25) is 0 Å². The molecule has 1 aliphatic rings. The minimum Gasteiger partial charge on any atom is -0.364 e. The summed E-state index contributed by atoms with van der Waals surface area (Å²) in [6.45, 7) is 5.27. The van der Waals surface area contributed by atoms with Crippen LogP contribution in [0.25, 0.3) is 11.1 Å². The summed E-state index contributed by atoms with van der Waals surface area (Å²) in [6, 6.07) is 20.0. The highest BCUT2D eigenvalue weighted by atomic mass is 16.2. The smallest absolute Gasteiger partial charge is 0.267 e. The zero-order chi connectivity index (χ0) is 22.0. The monoisotopic (exact) mass is 414 g/mol. The summed E-state index contributed by atoms with van der Waals surface area (Å²) in [6.07, 6.45) is 2.54. The van der Waals surface area contributed by atoms with Crippen molar-refractivity contribution in [3.8, 4) is 11.1 Å². The van der Waals surface area contributed by atoms with Crippen LogP contribution in [0.15, 0.2) is 66.9 Å². The number of primary amides is 1. The van der Waals surface area contributed by atoms with Crippen LogP contribution in [-0.4, -0.2) is 29.4 Å². The Bertz CT molecular complexity index is 1100. The number of nitrogens with two attached hydrogens (primary N) is 1. The van der Waals surface area contributed by atoms with Gasteiger partial charge in [-0.3, -0.25) is 14.6 Å². The van der Waals surface area contributed by atoms with Crippen LogP contribution in [0, 0.1) is 0 Å². The second-order valence-electron chi connectivity index (χ2n) is 7.82. The Balaban J connectivity index is 1.77. The molecule has 2 N–H and O–H groups in total. The molecular formula is C25H26N4O2. The van der Waals surface area contributed by atoms with E-state index in [1.807, 2.05) is 41.3 Å². The molecule has 0 radical (unpaired) electrons. The first-order valence-electron chi connectivity index (χ1n) is 10.5. The normalized spacial score (nSPS) is 15.5. The summed E-state index contributed by atoms with van der Waals surface area (Å²) in [5.74, 6) is -0.499. The SMILES string of the molecule is CCC1CN(Cc2ccccc2)c2cc(-c3ccc(C(N)=O)nc3)ccc2N1C(C)=O. The maximum absolute atomic E-state index is 12.5. The van der Waals surface area contributed by atoms with Gasteiger partial charge in [-0.05, 0) is 35.7 Å². The molecule has 2 heterocycles. The van der Waals surface area contributed by atoms with Gasteiger partial charge in [0, 0.05) is 31.8 Å². The Morgan fingerprint density at radius 1 is 1.03 bits per heavy atom. The van der Waals surface area contributed by atoms with Crippen molar-refractivity contribution in [2.24, 2.45) is 5.73 Å². The summed E-state index contributed by atoms with van der Waals surface area (Å²) >= 11 is 0. The first-order chi connectivity index (χ1) is 15.0. The predicted octanol–water partition coefficient (Wildman–Crippen LogP) is 4.00. The van der Waals surface area contributed by atoms with Gasteiger partial charge in [-0.15, -0.1) is 0 Å². The van der Waals surface area contributed by atoms with E-state index >= 15 is 0 Å². The molecule has 4 rings (SSSR count). The number of anilines is 2. The van der Waals surface area contributed by atoms with Crippen molar-refractivity contribution in [1.29, 1.82) is 0 Å². The van der Waals surface area contributed by atoms with Gasteiger partial charge in [0.15, 0.2) is 0 Å². The molecule has 6 nitrogen and oxygen atoms in total. The Hall–Kier alpha value is -3.67. The first kappa shape index (κ1) is 20.6. The molecule has 0 saturated heterocycles. The van der Waals surface area contributed by atoms with E-state index in [0.717, 1.165) is 42.0 Å². The molecule has 158 valence electrons. The quantitative estimate of drug-likeness (QED) is 0.684. The van der Waals surface area contributed by atoms with Crippen LogP contribution in [-0.2, 0) is 11.3 Å². The molecule has 1 atom stereocenters. The zero-order valence-corrected chi connectivity index (χ0v) is 17.8. The van der Waals surface area contributed by atoms with Crippen molar-refractivity contribution in [2.75, 3.05) is 16.3 Å². The highest BCUT2D eigenvalue weighted by Gasteiger charge is 2.32. The molecule has 0 spiro atoms. The van der Waals surface area contributed by atoms with Gasteiger partial charge in [-0.25, -0.2) is 0 Å². The number of hydrogen-bond acceptors (Lipinski definition) is 4. The molecule has 6 heteroatoms. The van der Waals surface area contributed by atoms with E-state index in [0.29, 0.717) is 0 Å². The molecule has 1 unspecified atom stereocenters. The number of aromatic nitrogens is 1. The lowest BCUT2D eigenvalue weighted by atomic mass is 9.99. The number of carbonyl (C=O) groups is 2. The minimum absolute atomic E-state index is 0.0488. The second kappa shape index (κ2) is 8.60. The molecule has 0 saturated carbocycles. The van der Waals surface area contributed by atoms with Gasteiger partial charge >= 0.3 is 0 Å². The van der Waals surface area contributed by atoms with Crippen molar-refractivity contribution in [2.45, 2.75) is 32.9 Å². The van der Waals surface area contributed by atoms with Gasteiger partial charge in [0.2, 0.25) is 5.91 Å².